The summed E-state index contributed by atoms with van der Waals surface area (Å²) >= 11 is 0. The molecule has 0 aromatic heterocycles. The lowest BCUT2D eigenvalue weighted by atomic mass is 10.1. The van der Waals surface area contributed by atoms with Gasteiger partial charge in [0, 0.05) is 12.3 Å². The van der Waals surface area contributed by atoms with E-state index in [4.69, 9.17) is 15.9 Å². The molecule has 2 aliphatic rings. The number of fused-ring (bicyclic) bond motifs is 1. The number of carbonyl (C=O) groups is 1. The first kappa shape index (κ1) is 16.6. The van der Waals surface area contributed by atoms with E-state index >= 15 is 0 Å². The van der Waals surface area contributed by atoms with E-state index in [-0.39, 0.29) is 17.9 Å². The number of hydrogen-bond donors (Lipinski definition) is 2. The van der Waals surface area contributed by atoms with Gasteiger partial charge in [0.2, 0.25) is 0 Å². The predicted molar refractivity (Wildman–Crippen MR) is 79.2 cm³/mol. The Morgan fingerprint density at radius 2 is 2.17 bits per heavy atom. The van der Waals surface area contributed by atoms with Crippen LogP contribution in [0, 0.1) is 12.3 Å². The zero-order valence-electron chi connectivity index (χ0n) is 12.5. The lowest BCUT2D eigenvalue weighted by molar-refractivity contribution is -0.137. The molecule has 8 heteroatoms. The summed E-state index contributed by atoms with van der Waals surface area (Å²) < 4.78 is 49.2. The molecule has 24 heavy (non-hydrogen) atoms. The Balaban J connectivity index is 1.66. The van der Waals surface area contributed by atoms with Gasteiger partial charge < -0.3 is 20.1 Å². The molecule has 2 fully saturated rings. The molecule has 0 spiro atoms. The summed E-state index contributed by atoms with van der Waals surface area (Å²) in [7, 11) is 0. The molecule has 5 nitrogen and oxygen atoms in total. The number of anilines is 1. The van der Waals surface area contributed by atoms with Gasteiger partial charge in [0.25, 0.3) is 0 Å². The quantitative estimate of drug-likeness (QED) is 0.813. The van der Waals surface area contributed by atoms with Crippen molar-refractivity contribution in [2.75, 3.05) is 11.9 Å². The summed E-state index contributed by atoms with van der Waals surface area (Å²) in [5, 5.41) is 5.01. The normalized spacial score (nSPS) is 28.9. The van der Waals surface area contributed by atoms with E-state index in [0.717, 1.165) is 12.1 Å². The van der Waals surface area contributed by atoms with Crippen molar-refractivity contribution in [2.24, 2.45) is 0 Å². The SMILES string of the molecule is C#CC1O[C@@H]2CCO[C@@H]2[C@H]1NC(=O)Nc1cccc(C(F)(F)F)c1. The van der Waals surface area contributed by atoms with Gasteiger partial charge in [-0.2, -0.15) is 13.2 Å². The minimum absolute atomic E-state index is 0.0300. The van der Waals surface area contributed by atoms with Crippen LogP contribution in [0.1, 0.15) is 12.0 Å². The van der Waals surface area contributed by atoms with Crippen LogP contribution in [0.3, 0.4) is 0 Å². The summed E-state index contributed by atoms with van der Waals surface area (Å²) in [5.41, 5.74) is -0.812. The van der Waals surface area contributed by atoms with Crippen molar-refractivity contribution < 1.29 is 27.4 Å². The van der Waals surface area contributed by atoms with Gasteiger partial charge in [-0.3, -0.25) is 0 Å². The zero-order valence-corrected chi connectivity index (χ0v) is 12.5. The molecule has 0 aliphatic carbocycles. The number of terminal acetylenes is 1. The first-order chi connectivity index (χ1) is 11.4. The summed E-state index contributed by atoms with van der Waals surface area (Å²) in [6, 6.07) is 3.16. The van der Waals surface area contributed by atoms with Crippen molar-refractivity contribution in [3.63, 3.8) is 0 Å². The molecule has 2 aliphatic heterocycles. The molecular weight excluding hydrogens is 325 g/mol. The average molecular weight is 340 g/mol. The highest BCUT2D eigenvalue weighted by atomic mass is 19.4. The van der Waals surface area contributed by atoms with Crippen LogP contribution in [0.2, 0.25) is 0 Å². The first-order valence-electron chi connectivity index (χ1n) is 7.36. The van der Waals surface area contributed by atoms with Crippen LogP contribution in [0.25, 0.3) is 0 Å². The Morgan fingerprint density at radius 1 is 1.38 bits per heavy atom. The van der Waals surface area contributed by atoms with E-state index in [1.807, 2.05) is 0 Å². The molecule has 2 amide bonds. The standard InChI is InChI=1S/C16H15F3N2O3/c1-2-11-13(14-12(24-11)6-7-23-14)21-15(22)20-10-5-3-4-9(8-10)16(17,18)19/h1,3-5,8,11-14H,6-7H2,(H2,20,21,22)/t11?,12-,13+,14+/m1/s1. The number of amides is 2. The van der Waals surface area contributed by atoms with Gasteiger partial charge in [-0.05, 0) is 24.6 Å². The van der Waals surface area contributed by atoms with Gasteiger partial charge in [0.15, 0.2) is 0 Å². The van der Waals surface area contributed by atoms with Crippen molar-refractivity contribution in [1.29, 1.82) is 0 Å². The van der Waals surface area contributed by atoms with Crippen LogP contribution < -0.4 is 10.6 Å². The number of carbonyl (C=O) groups excluding carboxylic acids is 1. The summed E-state index contributed by atoms with van der Waals surface area (Å²) in [6.45, 7) is 0.514. The molecular formula is C16H15F3N2O3. The smallest absolute Gasteiger partial charge is 0.373 e. The second-order valence-corrected chi connectivity index (χ2v) is 5.59. The Kier molecular flexibility index (Phi) is 4.39. The van der Waals surface area contributed by atoms with Crippen LogP contribution in [0.15, 0.2) is 24.3 Å². The number of nitrogens with one attached hydrogen (secondary N) is 2. The zero-order chi connectivity index (χ0) is 17.3. The van der Waals surface area contributed by atoms with Gasteiger partial charge in [0.05, 0.1) is 17.7 Å². The predicted octanol–water partition coefficient (Wildman–Crippen LogP) is 2.39. The number of hydrogen-bond acceptors (Lipinski definition) is 3. The van der Waals surface area contributed by atoms with Gasteiger partial charge in [-0.15, -0.1) is 6.42 Å². The first-order valence-corrected chi connectivity index (χ1v) is 7.36. The Morgan fingerprint density at radius 3 is 2.88 bits per heavy atom. The van der Waals surface area contributed by atoms with E-state index in [0.29, 0.717) is 13.0 Å². The van der Waals surface area contributed by atoms with Crippen molar-refractivity contribution in [2.45, 2.75) is 37.0 Å². The highest BCUT2D eigenvalue weighted by molar-refractivity contribution is 5.89. The molecule has 2 heterocycles. The minimum Gasteiger partial charge on any atom is -0.373 e. The largest absolute Gasteiger partial charge is 0.416 e. The van der Waals surface area contributed by atoms with Crippen LogP contribution in [0.5, 0.6) is 0 Å². The highest BCUT2D eigenvalue weighted by Crippen LogP contribution is 2.32. The van der Waals surface area contributed by atoms with Crippen LogP contribution in [-0.2, 0) is 15.7 Å². The second-order valence-electron chi connectivity index (χ2n) is 5.59. The van der Waals surface area contributed by atoms with Gasteiger partial charge in [0.1, 0.15) is 12.2 Å². The average Bonchev–Trinajstić information content (AvgIpc) is 3.09. The molecule has 1 aromatic carbocycles. The maximum atomic E-state index is 12.7. The molecule has 1 aromatic rings. The van der Waals surface area contributed by atoms with E-state index in [1.165, 1.54) is 12.1 Å². The molecule has 0 saturated carbocycles. The molecule has 2 N–H and O–H groups in total. The van der Waals surface area contributed by atoms with Crippen molar-refractivity contribution in [3.05, 3.63) is 29.8 Å². The topological polar surface area (TPSA) is 59.6 Å². The molecule has 0 radical (unpaired) electrons. The molecule has 2 saturated heterocycles. The number of urea groups is 1. The van der Waals surface area contributed by atoms with Gasteiger partial charge in [-0.1, -0.05) is 12.0 Å². The number of halogens is 3. The minimum atomic E-state index is -4.48. The Labute approximate surface area is 136 Å². The van der Waals surface area contributed by atoms with Crippen molar-refractivity contribution in [1.82, 2.24) is 5.32 Å². The van der Waals surface area contributed by atoms with Gasteiger partial charge in [-0.25, -0.2) is 4.79 Å². The maximum absolute atomic E-state index is 12.7. The molecule has 0 bridgehead atoms. The fraction of sp³-hybridized carbons (Fsp3) is 0.438. The van der Waals surface area contributed by atoms with Crippen LogP contribution >= 0.6 is 0 Å². The van der Waals surface area contributed by atoms with E-state index in [2.05, 4.69) is 16.6 Å². The molecule has 4 atom stereocenters. The lowest BCUT2D eigenvalue weighted by Crippen LogP contribution is -2.48. The summed E-state index contributed by atoms with van der Waals surface area (Å²) in [5.74, 6) is 2.45. The van der Waals surface area contributed by atoms with Gasteiger partial charge >= 0.3 is 12.2 Å². The Bertz CT molecular complexity index is 671. The third-order valence-corrected chi connectivity index (χ3v) is 3.99. The molecule has 1 unspecified atom stereocenters. The fourth-order valence-electron chi connectivity index (χ4n) is 2.91. The number of rotatable bonds is 2. The summed E-state index contributed by atoms with van der Waals surface area (Å²) in [4.78, 5) is 12.1. The fourth-order valence-corrected chi connectivity index (χ4v) is 2.91. The van der Waals surface area contributed by atoms with Crippen molar-refractivity contribution in [3.8, 4) is 12.3 Å². The number of benzene rings is 1. The third-order valence-electron chi connectivity index (χ3n) is 3.99. The van der Waals surface area contributed by atoms with Crippen molar-refractivity contribution >= 4 is 11.7 Å². The highest BCUT2D eigenvalue weighted by Gasteiger charge is 2.48. The lowest BCUT2D eigenvalue weighted by Gasteiger charge is -2.20. The van der Waals surface area contributed by atoms with Crippen LogP contribution in [-0.4, -0.2) is 37.0 Å². The number of ether oxygens (including phenoxy) is 2. The molecule has 3 rings (SSSR count). The Hall–Kier alpha value is -2.24. The number of alkyl halides is 3. The van der Waals surface area contributed by atoms with E-state index in [1.54, 1.807) is 0 Å². The second kappa shape index (κ2) is 6.34. The van der Waals surface area contributed by atoms with E-state index < -0.39 is 29.9 Å². The third kappa shape index (κ3) is 3.32. The monoisotopic (exact) mass is 340 g/mol. The maximum Gasteiger partial charge on any atom is 0.416 e. The summed E-state index contributed by atoms with van der Waals surface area (Å²) in [6.07, 6.45) is 0.451. The van der Waals surface area contributed by atoms with E-state index in [9.17, 15) is 18.0 Å². The van der Waals surface area contributed by atoms with Crippen LogP contribution in [0.4, 0.5) is 23.7 Å². The molecule has 128 valence electrons.